The molecule has 0 aromatic rings. The zero-order chi connectivity index (χ0) is 8.69. The Morgan fingerprint density at radius 3 is 2.18 bits per heavy atom. The molecule has 0 radical (unpaired) electrons. The molecule has 0 aliphatic heterocycles. The van der Waals surface area contributed by atoms with Gasteiger partial charge < -0.3 is 14.9 Å². The summed E-state index contributed by atoms with van der Waals surface area (Å²) >= 11 is 0. The maximum atomic E-state index is 8.92. The monoisotopic (exact) mass is 162 g/mol. The van der Waals surface area contributed by atoms with E-state index < -0.39 is 6.10 Å². The van der Waals surface area contributed by atoms with Crippen molar-refractivity contribution < 1.29 is 14.9 Å². The molecule has 0 heterocycles. The molecule has 68 valence electrons. The van der Waals surface area contributed by atoms with Gasteiger partial charge in [-0.2, -0.15) is 0 Å². The minimum Gasteiger partial charge on any atom is -0.394 e. The van der Waals surface area contributed by atoms with Crippen molar-refractivity contribution in [2.45, 2.75) is 38.9 Å². The molecule has 1 atom stereocenters. The van der Waals surface area contributed by atoms with Crippen LogP contribution in [0.1, 0.15) is 26.7 Å². The van der Waals surface area contributed by atoms with Crippen molar-refractivity contribution in [1.29, 1.82) is 0 Å². The number of aliphatic hydroxyl groups excluding tert-OH is 2. The summed E-state index contributed by atoms with van der Waals surface area (Å²) in [6.45, 7) is 4.10. The molecule has 0 spiro atoms. The van der Waals surface area contributed by atoms with Gasteiger partial charge in [0.25, 0.3) is 0 Å². The Kier molecular flexibility index (Phi) is 6.51. The van der Waals surface area contributed by atoms with Crippen LogP contribution in [0.2, 0.25) is 0 Å². The molecule has 0 bridgehead atoms. The molecule has 0 aliphatic rings. The molecule has 0 saturated heterocycles. The lowest BCUT2D eigenvalue weighted by atomic mass is 10.2. The minimum atomic E-state index is -0.726. The predicted molar refractivity (Wildman–Crippen MR) is 43.4 cm³/mol. The van der Waals surface area contributed by atoms with E-state index in [0.29, 0.717) is 0 Å². The lowest BCUT2D eigenvalue weighted by molar-refractivity contribution is -0.0305. The minimum absolute atomic E-state index is 0.219. The summed E-state index contributed by atoms with van der Waals surface area (Å²) in [6.07, 6.45) is 1.40. The van der Waals surface area contributed by atoms with E-state index in [-0.39, 0.29) is 19.3 Å². The summed E-state index contributed by atoms with van der Waals surface area (Å²) in [4.78, 5) is 0. The molecule has 0 saturated carbocycles. The SMILES string of the molecule is CCC(CC)OC[C@H](O)CO. The quantitative estimate of drug-likeness (QED) is 0.599. The number of hydrogen-bond donors (Lipinski definition) is 2. The van der Waals surface area contributed by atoms with Crippen molar-refractivity contribution in [3.8, 4) is 0 Å². The average Bonchev–Trinajstić information content (AvgIpc) is 2.06. The predicted octanol–water partition coefficient (Wildman–Crippen LogP) is 0.545. The van der Waals surface area contributed by atoms with Gasteiger partial charge in [0.05, 0.1) is 19.3 Å². The second kappa shape index (κ2) is 6.58. The molecule has 3 heteroatoms. The van der Waals surface area contributed by atoms with Crippen molar-refractivity contribution in [3.63, 3.8) is 0 Å². The highest BCUT2D eigenvalue weighted by atomic mass is 16.5. The van der Waals surface area contributed by atoms with E-state index in [1.807, 2.05) is 13.8 Å². The zero-order valence-corrected chi connectivity index (χ0v) is 7.29. The van der Waals surface area contributed by atoms with Crippen LogP contribution in [0.15, 0.2) is 0 Å². The van der Waals surface area contributed by atoms with Gasteiger partial charge in [-0.3, -0.25) is 0 Å². The van der Waals surface area contributed by atoms with Crippen LogP contribution in [-0.4, -0.2) is 35.6 Å². The van der Waals surface area contributed by atoms with Gasteiger partial charge in [-0.15, -0.1) is 0 Å². The highest BCUT2D eigenvalue weighted by Gasteiger charge is 2.06. The Labute approximate surface area is 68.0 Å². The smallest absolute Gasteiger partial charge is 0.100 e. The normalized spacial score (nSPS) is 13.9. The molecular formula is C8H18O3. The van der Waals surface area contributed by atoms with Crippen molar-refractivity contribution in [2.24, 2.45) is 0 Å². The third-order valence-electron chi connectivity index (χ3n) is 1.65. The van der Waals surface area contributed by atoms with Gasteiger partial charge >= 0.3 is 0 Å². The van der Waals surface area contributed by atoms with Crippen molar-refractivity contribution in [3.05, 3.63) is 0 Å². The molecule has 0 rings (SSSR count). The van der Waals surface area contributed by atoms with Crippen molar-refractivity contribution in [1.82, 2.24) is 0 Å². The van der Waals surface area contributed by atoms with Gasteiger partial charge in [-0.25, -0.2) is 0 Å². The maximum absolute atomic E-state index is 8.92. The van der Waals surface area contributed by atoms with Crippen LogP contribution in [0, 0.1) is 0 Å². The van der Waals surface area contributed by atoms with Crippen LogP contribution in [0.4, 0.5) is 0 Å². The highest BCUT2D eigenvalue weighted by molar-refractivity contribution is 4.55. The van der Waals surface area contributed by atoms with E-state index in [4.69, 9.17) is 14.9 Å². The van der Waals surface area contributed by atoms with Crippen LogP contribution in [0.3, 0.4) is 0 Å². The molecule has 0 unspecified atom stereocenters. The van der Waals surface area contributed by atoms with E-state index in [0.717, 1.165) is 12.8 Å². The maximum Gasteiger partial charge on any atom is 0.100 e. The Balaban J connectivity index is 3.34. The number of ether oxygens (including phenoxy) is 1. The van der Waals surface area contributed by atoms with Crippen LogP contribution in [0.5, 0.6) is 0 Å². The van der Waals surface area contributed by atoms with Crippen LogP contribution in [0.25, 0.3) is 0 Å². The van der Waals surface area contributed by atoms with E-state index in [2.05, 4.69) is 0 Å². The molecular weight excluding hydrogens is 144 g/mol. The molecule has 0 amide bonds. The van der Waals surface area contributed by atoms with Gasteiger partial charge in [0.15, 0.2) is 0 Å². The third kappa shape index (κ3) is 5.18. The topological polar surface area (TPSA) is 49.7 Å². The Bertz CT molecular complexity index is 81.4. The first-order valence-corrected chi connectivity index (χ1v) is 4.15. The molecule has 2 N–H and O–H groups in total. The summed E-state index contributed by atoms with van der Waals surface area (Å²) in [5, 5.41) is 17.4. The van der Waals surface area contributed by atoms with Gasteiger partial charge in [0.2, 0.25) is 0 Å². The van der Waals surface area contributed by atoms with Crippen molar-refractivity contribution >= 4 is 0 Å². The first-order chi connectivity index (χ1) is 5.24. The average molecular weight is 162 g/mol. The molecule has 3 nitrogen and oxygen atoms in total. The lowest BCUT2D eigenvalue weighted by Gasteiger charge is -2.15. The molecule has 0 aromatic heterocycles. The van der Waals surface area contributed by atoms with Gasteiger partial charge in [0.1, 0.15) is 6.10 Å². The van der Waals surface area contributed by atoms with Gasteiger partial charge in [-0.05, 0) is 12.8 Å². The van der Waals surface area contributed by atoms with E-state index in [1.165, 1.54) is 0 Å². The standard InChI is InChI=1S/C8H18O3/c1-3-8(4-2)11-6-7(10)5-9/h7-10H,3-6H2,1-2H3/t7-/m1/s1. The van der Waals surface area contributed by atoms with Gasteiger partial charge in [-0.1, -0.05) is 13.8 Å². The molecule has 0 fully saturated rings. The Hall–Kier alpha value is -0.120. The third-order valence-corrected chi connectivity index (χ3v) is 1.65. The zero-order valence-electron chi connectivity index (χ0n) is 7.29. The second-order valence-corrected chi connectivity index (χ2v) is 2.61. The lowest BCUT2D eigenvalue weighted by Crippen LogP contribution is -2.23. The number of hydrogen-bond acceptors (Lipinski definition) is 3. The largest absolute Gasteiger partial charge is 0.394 e. The fourth-order valence-corrected chi connectivity index (χ4v) is 0.824. The summed E-state index contributed by atoms with van der Waals surface area (Å²) < 4.78 is 5.28. The number of aliphatic hydroxyl groups is 2. The first kappa shape index (κ1) is 10.9. The summed E-state index contributed by atoms with van der Waals surface area (Å²) in [5.74, 6) is 0. The van der Waals surface area contributed by atoms with Gasteiger partial charge in [0, 0.05) is 0 Å². The summed E-state index contributed by atoms with van der Waals surface area (Å²) in [6, 6.07) is 0. The second-order valence-electron chi connectivity index (χ2n) is 2.61. The van der Waals surface area contributed by atoms with E-state index in [1.54, 1.807) is 0 Å². The fraction of sp³-hybridized carbons (Fsp3) is 1.00. The van der Waals surface area contributed by atoms with Crippen LogP contribution >= 0.6 is 0 Å². The first-order valence-electron chi connectivity index (χ1n) is 4.15. The molecule has 11 heavy (non-hydrogen) atoms. The fourth-order valence-electron chi connectivity index (χ4n) is 0.824. The molecule has 0 aliphatic carbocycles. The highest BCUT2D eigenvalue weighted by Crippen LogP contribution is 2.02. The van der Waals surface area contributed by atoms with Crippen molar-refractivity contribution in [2.75, 3.05) is 13.2 Å². The molecule has 0 aromatic carbocycles. The number of rotatable bonds is 6. The Morgan fingerprint density at radius 2 is 1.82 bits per heavy atom. The summed E-state index contributed by atoms with van der Waals surface area (Å²) in [5.41, 5.74) is 0. The van der Waals surface area contributed by atoms with E-state index in [9.17, 15) is 0 Å². The Morgan fingerprint density at radius 1 is 1.27 bits per heavy atom. The van der Waals surface area contributed by atoms with Crippen LogP contribution in [-0.2, 0) is 4.74 Å². The van der Waals surface area contributed by atoms with E-state index >= 15 is 0 Å². The van der Waals surface area contributed by atoms with Crippen LogP contribution < -0.4 is 0 Å². The summed E-state index contributed by atoms with van der Waals surface area (Å²) in [7, 11) is 0.